The summed E-state index contributed by atoms with van der Waals surface area (Å²) < 4.78 is 28.6. The van der Waals surface area contributed by atoms with E-state index in [0.717, 1.165) is 18.2 Å². The van der Waals surface area contributed by atoms with Gasteiger partial charge in [0.1, 0.15) is 11.6 Å². The predicted molar refractivity (Wildman–Crippen MR) is 64.5 cm³/mol. The Balaban J connectivity index is 2.37. The molecule has 0 atom stereocenters. The van der Waals surface area contributed by atoms with Crippen LogP contribution in [-0.4, -0.2) is 9.55 Å². The maximum absolute atomic E-state index is 13.5. The van der Waals surface area contributed by atoms with E-state index in [2.05, 4.69) is 4.98 Å². The quantitative estimate of drug-likeness (QED) is 0.832. The molecule has 1 aromatic heterocycles. The zero-order valence-electron chi connectivity index (χ0n) is 9.34. The first-order valence-corrected chi connectivity index (χ1v) is 5.73. The number of rotatable bonds is 3. The Morgan fingerprint density at radius 2 is 2.12 bits per heavy atom. The summed E-state index contributed by atoms with van der Waals surface area (Å²) in [4.78, 5) is 2.92. The molecule has 0 saturated heterocycles. The molecule has 0 aliphatic carbocycles. The number of halogens is 2. The molecule has 0 fully saturated rings. The van der Waals surface area contributed by atoms with E-state index in [1.54, 1.807) is 0 Å². The lowest BCUT2D eigenvalue weighted by molar-refractivity contribution is 0.563. The van der Waals surface area contributed by atoms with E-state index in [1.807, 2.05) is 17.7 Å². The standard InChI is InChI=1S/C12H12F2N2S/c1-2-10-6-15-12(17)16(10)7-8-3-4-9(13)5-11(8)14/h3-6H,2,7H2,1H3,(H,15,17). The van der Waals surface area contributed by atoms with Gasteiger partial charge in [-0.05, 0) is 24.7 Å². The second kappa shape index (κ2) is 4.79. The van der Waals surface area contributed by atoms with Crippen molar-refractivity contribution in [2.75, 3.05) is 0 Å². The van der Waals surface area contributed by atoms with Gasteiger partial charge in [0.2, 0.25) is 0 Å². The minimum atomic E-state index is -0.570. The number of aromatic amines is 1. The van der Waals surface area contributed by atoms with Crippen LogP contribution in [0, 0.1) is 16.4 Å². The summed E-state index contributed by atoms with van der Waals surface area (Å²) in [5, 5.41) is 0. The van der Waals surface area contributed by atoms with E-state index in [1.165, 1.54) is 12.1 Å². The molecule has 0 amide bonds. The van der Waals surface area contributed by atoms with Crippen LogP contribution in [0.3, 0.4) is 0 Å². The summed E-state index contributed by atoms with van der Waals surface area (Å²) in [7, 11) is 0. The minimum Gasteiger partial charge on any atom is -0.337 e. The van der Waals surface area contributed by atoms with Crippen LogP contribution >= 0.6 is 12.2 Å². The van der Waals surface area contributed by atoms with Crippen LogP contribution in [0.5, 0.6) is 0 Å². The van der Waals surface area contributed by atoms with Crippen molar-refractivity contribution < 1.29 is 8.78 Å². The number of benzene rings is 1. The maximum atomic E-state index is 13.5. The average molecular weight is 254 g/mol. The Hall–Kier alpha value is -1.49. The Morgan fingerprint density at radius 1 is 1.35 bits per heavy atom. The van der Waals surface area contributed by atoms with Crippen molar-refractivity contribution in [1.82, 2.24) is 9.55 Å². The van der Waals surface area contributed by atoms with E-state index >= 15 is 0 Å². The second-order valence-electron chi connectivity index (χ2n) is 3.76. The van der Waals surface area contributed by atoms with E-state index in [0.29, 0.717) is 16.9 Å². The highest BCUT2D eigenvalue weighted by molar-refractivity contribution is 7.71. The molecule has 0 aliphatic heterocycles. The van der Waals surface area contributed by atoms with Gasteiger partial charge < -0.3 is 9.55 Å². The average Bonchev–Trinajstić information content (AvgIpc) is 2.64. The Bertz CT molecular complexity index is 586. The number of aryl methyl sites for hydroxylation is 1. The van der Waals surface area contributed by atoms with Crippen molar-refractivity contribution in [3.8, 4) is 0 Å². The molecular weight excluding hydrogens is 242 g/mol. The van der Waals surface area contributed by atoms with Crippen LogP contribution in [0.15, 0.2) is 24.4 Å². The van der Waals surface area contributed by atoms with Gasteiger partial charge in [-0.25, -0.2) is 8.78 Å². The molecule has 1 aromatic carbocycles. The van der Waals surface area contributed by atoms with Crippen LogP contribution in [0.4, 0.5) is 8.78 Å². The predicted octanol–water partition coefficient (Wildman–Crippen LogP) is 3.43. The summed E-state index contributed by atoms with van der Waals surface area (Å²) in [5.41, 5.74) is 1.43. The van der Waals surface area contributed by atoms with Gasteiger partial charge in [0.05, 0.1) is 6.54 Å². The number of hydrogen-bond acceptors (Lipinski definition) is 1. The van der Waals surface area contributed by atoms with Crippen molar-refractivity contribution >= 4 is 12.2 Å². The van der Waals surface area contributed by atoms with Crippen LogP contribution < -0.4 is 0 Å². The van der Waals surface area contributed by atoms with Gasteiger partial charge in [-0.15, -0.1) is 0 Å². The smallest absolute Gasteiger partial charge is 0.177 e. The molecule has 1 heterocycles. The summed E-state index contributed by atoms with van der Waals surface area (Å²) in [6, 6.07) is 3.58. The van der Waals surface area contributed by atoms with Gasteiger partial charge in [-0.1, -0.05) is 13.0 Å². The number of nitrogens with zero attached hydrogens (tertiary/aromatic N) is 1. The lowest BCUT2D eigenvalue weighted by Crippen LogP contribution is -2.05. The van der Waals surface area contributed by atoms with Crippen LogP contribution in [0.2, 0.25) is 0 Å². The minimum absolute atomic E-state index is 0.317. The highest BCUT2D eigenvalue weighted by atomic mass is 32.1. The number of aromatic nitrogens is 2. The molecule has 1 N–H and O–H groups in total. The monoisotopic (exact) mass is 254 g/mol. The number of hydrogen-bond donors (Lipinski definition) is 1. The largest absolute Gasteiger partial charge is 0.337 e. The van der Waals surface area contributed by atoms with Crippen LogP contribution in [0.25, 0.3) is 0 Å². The van der Waals surface area contributed by atoms with Crippen molar-refractivity contribution in [1.29, 1.82) is 0 Å². The summed E-state index contributed by atoms with van der Waals surface area (Å²) in [5.74, 6) is -1.12. The lowest BCUT2D eigenvalue weighted by Gasteiger charge is -2.08. The molecule has 5 heteroatoms. The van der Waals surface area contributed by atoms with Gasteiger partial charge >= 0.3 is 0 Å². The van der Waals surface area contributed by atoms with Gasteiger partial charge in [0.25, 0.3) is 0 Å². The van der Waals surface area contributed by atoms with Gasteiger partial charge in [0, 0.05) is 23.5 Å². The van der Waals surface area contributed by atoms with Crippen LogP contribution in [-0.2, 0) is 13.0 Å². The third kappa shape index (κ3) is 2.44. The van der Waals surface area contributed by atoms with E-state index < -0.39 is 11.6 Å². The molecule has 0 bridgehead atoms. The van der Waals surface area contributed by atoms with Gasteiger partial charge in [0.15, 0.2) is 4.77 Å². The Kier molecular flexibility index (Phi) is 3.38. The van der Waals surface area contributed by atoms with E-state index in [4.69, 9.17) is 12.2 Å². The molecule has 2 rings (SSSR count). The highest BCUT2D eigenvalue weighted by Crippen LogP contribution is 2.13. The topological polar surface area (TPSA) is 20.7 Å². The van der Waals surface area contributed by atoms with Crippen molar-refractivity contribution in [2.45, 2.75) is 19.9 Å². The summed E-state index contributed by atoms with van der Waals surface area (Å²) in [6.45, 7) is 2.31. The van der Waals surface area contributed by atoms with Gasteiger partial charge in [-0.3, -0.25) is 0 Å². The first kappa shape index (κ1) is 12.0. The molecular formula is C12H12F2N2S. The van der Waals surface area contributed by atoms with Crippen molar-refractivity contribution in [3.05, 3.63) is 52.1 Å². The summed E-state index contributed by atoms with van der Waals surface area (Å²) in [6.07, 6.45) is 2.61. The molecule has 17 heavy (non-hydrogen) atoms. The molecule has 0 aliphatic rings. The lowest BCUT2D eigenvalue weighted by atomic mass is 10.2. The fourth-order valence-electron chi connectivity index (χ4n) is 1.72. The van der Waals surface area contributed by atoms with Crippen molar-refractivity contribution in [3.63, 3.8) is 0 Å². The van der Waals surface area contributed by atoms with Crippen molar-refractivity contribution in [2.24, 2.45) is 0 Å². The maximum Gasteiger partial charge on any atom is 0.177 e. The molecule has 2 aromatic rings. The zero-order chi connectivity index (χ0) is 12.4. The molecule has 90 valence electrons. The molecule has 2 nitrogen and oxygen atoms in total. The zero-order valence-corrected chi connectivity index (χ0v) is 10.2. The molecule has 0 spiro atoms. The molecule has 0 saturated carbocycles. The normalized spacial score (nSPS) is 10.8. The van der Waals surface area contributed by atoms with E-state index in [9.17, 15) is 8.78 Å². The van der Waals surface area contributed by atoms with Gasteiger partial charge in [-0.2, -0.15) is 0 Å². The Morgan fingerprint density at radius 3 is 2.76 bits per heavy atom. The van der Waals surface area contributed by atoms with E-state index in [-0.39, 0.29) is 0 Å². The Labute approximate surface area is 103 Å². The summed E-state index contributed by atoms with van der Waals surface area (Å²) >= 11 is 5.12. The SMILES string of the molecule is CCc1c[nH]c(=S)n1Cc1ccc(F)cc1F. The fourth-order valence-corrected chi connectivity index (χ4v) is 1.96. The number of H-pyrrole nitrogens is 1. The number of nitrogens with one attached hydrogen (secondary N) is 1. The second-order valence-corrected chi connectivity index (χ2v) is 4.15. The molecule has 0 radical (unpaired) electrons. The third-order valence-electron chi connectivity index (χ3n) is 2.66. The first-order valence-electron chi connectivity index (χ1n) is 5.33. The molecule has 0 unspecified atom stereocenters. The fraction of sp³-hybridized carbons (Fsp3) is 0.250. The first-order chi connectivity index (χ1) is 8.11. The number of imidazole rings is 1. The highest BCUT2D eigenvalue weighted by Gasteiger charge is 2.07. The van der Waals surface area contributed by atoms with Crippen LogP contribution in [0.1, 0.15) is 18.2 Å². The third-order valence-corrected chi connectivity index (χ3v) is 3.00.